The number of urea groups is 1. The normalized spacial score (nSPS) is 17.2. The molecule has 0 spiro atoms. The number of methoxy groups -OCH3 is 1. The highest BCUT2D eigenvalue weighted by Crippen LogP contribution is 2.28. The van der Waals surface area contributed by atoms with Crippen molar-refractivity contribution in [2.24, 2.45) is 0 Å². The summed E-state index contributed by atoms with van der Waals surface area (Å²) in [6.07, 6.45) is 1.82. The van der Waals surface area contributed by atoms with Crippen LogP contribution in [-0.4, -0.2) is 63.5 Å². The number of hydrogen-bond donors (Lipinski definition) is 3. The van der Waals surface area contributed by atoms with Gasteiger partial charge in [0.1, 0.15) is 11.4 Å². The third-order valence-corrected chi connectivity index (χ3v) is 4.94. The Morgan fingerprint density at radius 2 is 1.90 bits per heavy atom. The number of rotatable bonds is 5. The zero-order valence-corrected chi connectivity index (χ0v) is 18.8. The second kappa shape index (κ2) is 9.52. The lowest BCUT2D eigenvalue weighted by atomic mass is 10.1. The molecule has 2 rings (SSSR count). The maximum Gasteiger partial charge on any atom is 0.412 e. The number of nitrogens with one attached hydrogen (secondary N) is 3. The van der Waals surface area contributed by atoms with E-state index in [1.807, 2.05) is 0 Å². The number of amides is 3. The molecule has 11 heteroatoms. The topological polar surface area (TPSA) is 126 Å². The van der Waals surface area contributed by atoms with Crippen molar-refractivity contribution >= 4 is 33.5 Å². The zero-order valence-electron chi connectivity index (χ0n) is 17.9. The van der Waals surface area contributed by atoms with Crippen molar-refractivity contribution in [2.45, 2.75) is 45.3 Å². The van der Waals surface area contributed by atoms with Gasteiger partial charge in [0.05, 0.1) is 19.1 Å². The molecule has 1 aliphatic heterocycles. The fourth-order valence-electron chi connectivity index (χ4n) is 3.06. The summed E-state index contributed by atoms with van der Waals surface area (Å²) < 4.78 is 36.0. The van der Waals surface area contributed by atoms with Gasteiger partial charge < -0.3 is 19.7 Å². The molecule has 0 bridgehead atoms. The molecule has 1 atom stereocenters. The van der Waals surface area contributed by atoms with Crippen molar-refractivity contribution in [1.82, 2.24) is 9.62 Å². The van der Waals surface area contributed by atoms with E-state index < -0.39 is 21.7 Å². The van der Waals surface area contributed by atoms with E-state index in [1.54, 1.807) is 43.9 Å². The number of benzene rings is 1. The van der Waals surface area contributed by atoms with Crippen LogP contribution in [0.15, 0.2) is 18.2 Å². The van der Waals surface area contributed by atoms with Gasteiger partial charge in [-0.3, -0.25) is 5.32 Å². The zero-order chi connectivity index (χ0) is 22.5. The monoisotopic (exact) mass is 442 g/mol. The maximum absolute atomic E-state index is 12.6. The van der Waals surface area contributed by atoms with E-state index in [0.29, 0.717) is 36.5 Å². The Kier molecular flexibility index (Phi) is 7.54. The second-order valence-corrected chi connectivity index (χ2v) is 9.93. The molecule has 1 saturated heterocycles. The van der Waals surface area contributed by atoms with Crippen molar-refractivity contribution in [2.75, 3.05) is 37.1 Å². The van der Waals surface area contributed by atoms with Crippen LogP contribution < -0.4 is 20.1 Å². The van der Waals surface area contributed by atoms with Crippen molar-refractivity contribution in [3.63, 3.8) is 0 Å². The van der Waals surface area contributed by atoms with Crippen LogP contribution in [0.5, 0.6) is 5.75 Å². The fraction of sp³-hybridized carbons (Fsp3) is 0.579. The van der Waals surface area contributed by atoms with Gasteiger partial charge >= 0.3 is 12.1 Å². The highest BCUT2D eigenvalue weighted by molar-refractivity contribution is 7.88. The largest absolute Gasteiger partial charge is 0.495 e. The Bertz CT molecular complexity index is 882. The van der Waals surface area contributed by atoms with Gasteiger partial charge in [0.2, 0.25) is 10.0 Å². The number of piperidine rings is 1. The van der Waals surface area contributed by atoms with Crippen LogP contribution in [0.2, 0.25) is 0 Å². The van der Waals surface area contributed by atoms with E-state index in [1.165, 1.54) is 7.11 Å². The minimum absolute atomic E-state index is 0.276. The van der Waals surface area contributed by atoms with Crippen molar-refractivity contribution in [3.05, 3.63) is 18.2 Å². The highest BCUT2D eigenvalue weighted by Gasteiger charge is 2.26. The highest BCUT2D eigenvalue weighted by atomic mass is 32.2. The first-order valence-corrected chi connectivity index (χ1v) is 11.5. The Morgan fingerprint density at radius 1 is 1.20 bits per heavy atom. The van der Waals surface area contributed by atoms with Crippen LogP contribution in [-0.2, 0) is 14.8 Å². The van der Waals surface area contributed by atoms with Crippen LogP contribution in [0.3, 0.4) is 0 Å². The molecule has 3 N–H and O–H groups in total. The third kappa shape index (κ3) is 7.71. The van der Waals surface area contributed by atoms with Gasteiger partial charge in [-0.15, -0.1) is 0 Å². The molecule has 1 heterocycles. The van der Waals surface area contributed by atoms with Crippen LogP contribution >= 0.6 is 0 Å². The summed E-state index contributed by atoms with van der Waals surface area (Å²) in [5.74, 6) is 0.411. The molecule has 0 aliphatic carbocycles. The molecule has 1 aliphatic rings. The molecule has 0 saturated carbocycles. The van der Waals surface area contributed by atoms with Gasteiger partial charge in [-0.05, 0) is 51.8 Å². The van der Waals surface area contributed by atoms with Gasteiger partial charge in [0.25, 0.3) is 0 Å². The third-order valence-electron chi connectivity index (χ3n) is 4.18. The predicted octanol–water partition coefficient (Wildman–Crippen LogP) is 2.59. The molecule has 1 aromatic carbocycles. The fourth-order valence-corrected chi connectivity index (χ4v) is 3.86. The number of ether oxygens (including phenoxy) is 2. The molecule has 0 aromatic heterocycles. The number of anilines is 2. The molecule has 1 aromatic rings. The minimum Gasteiger partial charge on any atom is -0.495 e. The van der Waals surface area contributed by atoms with E-state index in [9.17, 15) is 18.0 Å². The van der Waals surface area contributed by atoms with Gasteiger partial charge in [-0.25, -0.2) is 22.7 Å². The minimum atomic E-state index is -3.34. The number of carbonyl (C=O) groups is 2. The number of nitrogens with zero attached hydrogens (tertiary/aromatic N) is 1. The maximum atomic E-state index is 12.6. The number of sulfonamides is 1. The molecule has 1 fully saturated rings. The molecule has 0 radical (unpaired) electrons. The lowest BCUT2D eigenvalue weighted by molar-refractivity contribution is 0.0635. The number of likely N-dealkylation sites (tertiary alicyclic amines) is 1. The van der Waals surface area contributed by atoms with Crippen molar-refractivity contribution in [3.8, 4) is 5.75 Å². The van der Waals surface area contributed by atoms with E-state index in [2.05, 4.69) is 15.4 Å². The van der Waals surface area contributed by atoms with E-state index >= 15 is 0 Å². The first-order chi connectivity index (χ1) is 13.9. The summed E-state index contributed by atoms with van der Waals surface area (Å²) in [4.78, 5) is 26.3. The first kappa shape index (κ1) is 23.7. The van der Waals surface area contributed by atoms with Crippen molar-refractivity contribution in [1.29, 1.82) is 0 Å². The average Bonchev–Trinajstić information content (AvgIpc) is 2.59. The predicted molar refractivity (Wildman–Crippen MR) is 114 cm³/mol. The first-order valence-electron chi connectivity index (χ1n) is 9.57. The molecular weight excluding hydrogens is 412 g/mol. The van der Waals surface area contributed by atoms with E-state index in [0.717, 1.165) is 6.26 Å². The SMILES string of the molecule is COc1ccc(NC(=O)N2CCC[C@@H](NS(C)(=O)=O)C2)cc1NC(=O)OC(C)(C)C. The Balaban J connectivity index is 2.07. The molecule has 30 heavy (non-hydrogen) atoms. The van der Waals surface area contributed by atoms with Crippen LogP contribution in [0.25, 0.3) is 0 Å². The van der Waals surface area contributed by atoms with Crippen LogP contribution in [0, 0.1) is 0 Å². The van der Waals surface area contributed by atoms with E-state index in [4.69, 9.17) is 9.47 Å². The Labute approximate surface area is 177 Å². The quantitative estimate of drug-likeness (QED) is 0.643. The summed E-state index contributed by atoms with van der Waals surface area (Å²) in [6.45, 7) is 6.06. The number of carbonyl (C=O) groups excluding carboxylic acids is 2. The van der Waals surface area contributed by atoms with Crippen LogP contribution in [0.4, 0.5) is 21.0 Å². The van der Waals surface area contributed by atoms with Gasteiger partial charge in [0, 0.05) is 24.8 Å². The molecular formula is C19H30N4O6S. The smallest absolute Gasteiger partial charge is 0.412 e. The molecule has 10 nitrogen and oxygen atoms in total. The summed E-state index contributed by atoms with van der Waals surface area (Å²) in [5, 5.41) is 5.39. The summed E-state index contributed by atoms with van der Waals surface area (Å²) in [6, 6.07) is 4.15. The summed E-state index contributed by atoms with van der Waals surface area (Å²) >= 11 is 0. The Morgan fingerprint density at radius 3 is 2.50 bits per heavy atom. The van der Waals surface area contributed by atoms with Gasteiger partial charge in [-0.2, -0.15) is 0 Å². The van der Waals surface area contributed by atoms with Gasteiger partial charge in [0.15, 0.2) is 0 Å². The molecule has 3 amide bonds. The molecule has 0 unspecified atom stereocenters. The van der Waals surface area contributed by atoms with Crippen LogP contribution in [0.1, 0.15) is 33.6 Å². The summed E-state index contributed by atoms with van der Waals surface area (Å²) in [7, 11) is -1.88. The van der Waals surface area contributed by atoms with Crippen molar-refractivity contribution < 1.29 is 27.5 Å². The van der Waals surface area contributed by atoms with E-state index in [-0.39, 0.29) is 18.6 Å². The Hall–Kier alpha value is -2.53. The summed E-state index contributed by atoms with van der Waals surface area (Å²) in [5.41, 5.74) is 0.137. The lowest BCUT2D eigenvalue weighted by Gasteiger charge is -2.32. The lowest BCUT2D eigenvalue weighted by Crippen LogP contribution is -2.50. The number of hydrogen-bond acceptors (Lipinski definition) is 6. The van der Waals surface area contributed by atoms with Gasteiger partial charge in [-0.1, -0.05) is 0 Å². The second-order valence-electron chi connectivity index (χ2n) is 8.15. The standard InChI is InChI=1S/C19H30N4O6S/c1-19(2,3)29-18(25)21-15-11-13(8-9-16(15)28-4)20-17(24)23-10-6-7-14(12-23)22-30(5,26)27/h8-9,11,14,22H,6-7,10,12H2,1-5H3,(H,20,24)(H,21,25)/t14-/m1/s1. The molecule has 168 valence electrons. The average molecular weight is 443 g/mol.